The minimum atomic E-state index is -0.134. The van der Waals surface area contributed by atoms with Crippen molar-refractivity contribution in [3.63, 3.8) is 0 Å². The van der Waals surface area contributed by atoms with E-state index < -0.39 is 0 Å². The zero-order valence-electron chi connectivity index (χ0n) is 12.4. The van der Waals surface area contributed by atoms with Crippen LogP contribution in [0.2, 0.25) is 0 Å². The molecule has 1 heterocycles. The van der Waals surface area contributed by atoms with Crippen molar-refractivity contribution >= 4 is 15.9 Å². The predicted molar refractivity (Wildman–Crippen MR) is 88.0 cm³/mol. The first kappa shape index (κ1) is 15.9. The highest BCUT2D eigenvalue weighted by atomic mass is 79.9. The Morgan fingerprint density at radius 3 is 2.71 bits per heavy atom. The molecule has 0 radical (unpaired) electrons. The lowest BCUT2D eigenvalue weighted by Crippen LogP contribution is -2.29. The van der Waals surface area contributed by atoms with Gasteiger partial charge in [0.25, 0.3) is 0 Å². The molecule has 1 aromatic heterocycles. The van der Waals surface area contributed by atoms with Crippen molar-refractivity contribution in [2.75, 3.05) is 0 Å². The SMILES string of the molecule is Cc1c(Br)cccc1C(NN)c1cncc(OC(C)C)c1. The Bertz CT molecular complexity index is 616. The molecule has 1 atom stereocenters. The number of pyridine rings is 1. The second-order valence-electron chi connectivity index (χ2n) is 5.17. The topological polar surface area (TPSA) is 60.2 Å². The number of halogens is 1. The van der Waals surface area contributed by atoms with Crippen LogP contribution < -0.4 is 16.0 Å². The lowest BCUT2D eigenvalue weighted by atomic mass is 9.96. The van der Waals surface area contributed by atoms with Crippen molar-refractivity contribution < 1.29 is 4.74 Å². The summed E-state index contributed by atoms with van der Waals surface area (Å²) in [7, 11) is 0. The quantitative estimate of drug-likeness (QED) is 0.640. The van der Waals surface area contributed by atoms with Crippen LogP contribution >= 0.6 is 15.9 Å². The van der Waals surface area contributed by atoms with Gasteiger partial charge in [0.05, 0.1) is 18.3 Å². The molecule has 0 aliphatic rings. The number of benzene rings is 1. The molecule has 4 nitrogen and oxygen atoms in total. The number of hydrogen-bond acceptors (Lipinski definition) is 4. The number of hydrazine groups is 1. The van der Waals surface area contributed by atoms with Gasteiger partial charge in [-0.1, -0.05) is 28.1 Å². The number of rotatable bonds is 5. The smallest absolute Gasteiger partial charge is 0.138 e. The maximum atomic E-state index is 5.77. The van der Waals surface area contributed by atoms with Gasteiger partial charge in [0.2, 0.25) is 0 Å². The third kappa shape index (κ3) is 3.81. The fourth-order valence-corrected chi connectivity index (χ4v) is 2.61. The molecule has 0 aliphatic heterocycles. The van der Waals surface area contributed by atoms with Crippen molar-refractivity contribution in [1.82, 2.24) is 10.4 Å². The van der Waals surface area contributed by atoms with Gasteiger partial charge in [0.1, 0.15) is 5.75 Å². The molecule has 2 rings (SSSR count). The summed E-state index contributed by atoms with van der Waals surface area (Å²) in [6.45, 7) is 6.04. The summed E-state index contributed by atoms with van der Waals surface area (Å²) in [5, 5.41) is 0. The highest BCUT2D eigenvalue weighted by Gasteiger charge is 2.17. The third-order valence-corrected chi connectivity index (χ3v) is 4.09. The van der Waals surface area contributed by atoms with Crippen molar-refractivity contribution in [2.45, 2.75) is 32.9 Å². The Kier molecular flexibility index (Phi) is 5.33. The molecule has 0 aliphatic carbocycles. The summed E-state index contributed by atoms with van der Waals surface area (Å²) >= 11 is 3.55. The Hall–Kier alpha value is -1.43. The Balaban J connectivity index is 2.39. The van der Waals surface area contributed by atoms with E-state index in [-0.39, 0.29) is 12.1 Å². The van der Waals surface area contributed by atoms with Gasteiger partial charge in [-0.25, -0.2) is 5.43 Å². The van der Waals surface area contributed by atoms with Gasteiger partial charge in [0.15, 0.2) is 0 Å². The number of nitrogens with two attached hydrogens (primary N) is 1. The second kappa shape index (κ2) is 7.02. The maximum Gasteiger partial charge on any atom is 0.138 e. The highest BCUT2D eigenvalue weighted by Crippen LogP contribution is 2.29. The molecule has 2 aromatic rings. The van der Waals surface area contributed by atoms with E-state index in [0.717, 1.165) is 26.9 Å². The third-order valence-electron chi connectivity index (χ3n) is 3.23. The monoisotopic (exact) mass is 349 g/mol. The molecule has 0 amide bonds. The summed E-state index contributed by atoms with van der Waals surface area (Å²) in [4.78, 5) is 4.25. The average molecular weight is 350 g/mol. The largest absolute Gasteiger partial charge is 0.489 e. The summed E-state index contributed by atoms with van der Waals surface area (Å²) in [6.07, 6.45) is 3.63. The summed E-state index contributed by atoms with van der Waals surface area (Å²) in [5.74, 6) is 6.52. The Labute approximate surface area is 133 Å². The van der Waals surface area contributed by atoms with Crippen molar-refractivity contribution in [1.29, 1.82) is 0 Å². The van der Waals surface area contributed by atoms with Crippen molar-refractivity contribution in [2.24, 2.45) is 5.84 Å². The van der Waals surface area contributed by atoms with Crippen LogP contribution in [0.25, 0.3) is 0 Å². The highest BCUT2D eigenvalue weighted by molar-refractivity contribution is 9.10. The van der Waals surface area contributed by atoms with Crippen LogP contribution in [0, 0.1) is 6.92 Å². The molecule has 0 saturated heterocycles. The van der Waals surface area contributed by atoms with Gasteiger partial charge in [0, 0.05) is 10.7 Å². The number of aromatic nitrogens is 1. The van der Waals surface area contributed by atoms with Crippen molar-refractivity contribution in [3.05, 3.63) is 57.8 Å². The van der Waals surface area contributed by atoms with Gasteiger partial charge < -0.3 is 4.74 Å². The number of nitrogens with one attached hydrogen (secondary N) is 1. The molecule has 0 bridgehead atoms. The van der Waals surface area contributed by atoms with Crippen LogP contribution in [-0.2, 0) is 0 Å². The van der Waals surface area contributed by atoms with Crippen LogP contribution in [0.1, 0.15) is 36.6 Å². The molecule has 1 unspecified atom stereocenters. The predicted octanol–water partition coefficient (Wildman–Crippen LogP) is 3.49. The average Bonchev–Trinajstić information content (AvgIpc) is 2.44. The number of nitrogens with zero attached hydrogens (tertiary/aromatic N) is 1. The maximum absolute atomic E-state index is 5.77. The zero-order valence-corrected chi connectivity index (χ0v) is 14.0. The van der Waals surface area contributed by atoms with Gasteiger partial charge >= 0.3 is 0 Å². The van der Waals surface area contributed by atoms with E-state index in [4.69, 9.17) is 10.6 Å². The summed E-state index contributed by atoms with van der Waals surface area (Å²) in [5.41, 5.74) is 6.09. The molecule has 0 spiro atoms. The van der Waals surface area contributed by atoms with E-state index in [1.807, 2.05) is 32.0 Å². The normalized spacial score (nSPS) is 12.5. The molecular weight excluding hydrogens is 330 g/mol. The van der Waals surface area contributed by atoms with E-state index in [1.54, 1.807) is 12.4 Å². The van der Waals surface area contributed by atoms with Gasteiger partial charge in [-0.05, 0) is 49.6 Å². The van der Waals surface area contributed by atoms with Crippen LogP contribution in [0.5, 0.6) is 5.75 Å². The first-order chi connectivity index (χ1) is 10.0. The fourth-order valence-electron chi connectivity index (χ4n) is 2.23. The molecule has 1 aromatic carbocycles. The standard InChI is InChI=1S/C16H20BrN3O/c1-10(2)21-13-7-12(8-19-9-13)16(20-18)14-5-4-6-15(17)11(14)3/h4-10,16,20H,18H2,1-3H3. The molecule has 3 N–H and O–H groups in total. The van der Waals surface area contributed by atoms with Gasteiger partial charge in [-0.15, -0.1) is 0 Å². The minimum absolute atomic E-state index is 0.110. The van der Waals surface area contributed by atoms with E-state index in [9.17, 15) is 0 Å². The number of ether oxygens (including phenoxy) is 1. The van der Waals surface area contributed by atoms with E-state index in [1.165, 1.54) is 0 Å². The van der Waals surface area contributed by atoms with Gasteiger partial charge in [-0.2, -0.15) is 0 Å². The lowest BCUT2D eigenvalue weighted by molar-refractivity contribution is 0.241. The second-order valence-corrected chi connectivity index (χ2v) is 6.03. The Morgan fingerprint density at radius 1 is 1.29 bits per heavy atom. The number of hydrogen-bond donors (Lipinski definition) is 2. The minimum Gasteiger partial charge on any atom is -0.489 e. The van der Waals surface area contributed by atoms with E-state index in [2.05, 4.69) is 39.3 Å². The van der Waals surface area contributed by atoms with Crippen LogP contribution in [0.15, 0.2) is 41.1 Å². The molecule has 112 valence electrons. The molecular formula is C16H20BrN3O. The van der Waals surface area contributed by atoms with Crippen LogP contribution in [-0.4, -0.2) is 11.1 Å². The first-order valence-corrected chi connectivity index (χ1v) is 7.65. The van der Waals surface area contributed by atoms with Crippen LogP contribution in [0.4, 0.5) is 0 Å². The molecule has 21 heavy (non-hydrogen) atoms. The van der Waals surface area contributed by atoms with Gasteiger partial charge in [-0.3, -0.25) is 10.8 Å². The molecule has 0 fully saturated rings. The first-order valence-electron chi connectivity index (χ1n) is 6.85. The van der Waals surface area contributed by atoms with E-state index >= 15 is 0 Å². The van der Waals surface area contributed by atoms with Crippen molar-refractivity contribution in [3.8, 4) is 5.75 Å². The molecule has 5 heteroatoms. The van der Waals surface area contributed by atoms with E-state index in [0.29, 0.717) is 0 Å². The fraction of sp³-hybridized carbons (Fsp3) is 0.312. The summed E-state index contributed by atoms with van der Waals surface area (Å²) < 4.78 is 6.76. The zero-order chi connectivity index (χ0) is 15.4. The Morgan fingerprint density at radius 2 is 2.05 bits per heavy atom. The molecule has 0 saturated carbocycles. The summed E-state index contributed by atoms with van der Waals surface area (Å²) in [6, 6.07) is 7.91. The van der Waals surface area contributed by atoms with Crippen LogP contribution in [0.3, 0.4) is 0 Å². The lowest BCUT2D eigenvalue weighted by Gasteiger charge is -2.20.